The minimum Gasteiger partial charge on any atom is -0.454 e. The molecule has 100 valence electrons. The van der Waals surface area contributed by atoms with Gasteiger partial charge in [-0.1, -0.05) is 35.3 Å². The summed E-state index contributed by atoms with van der Waals surface area (Å²) in [7, 11) is 0. The number of ether oxygens (including phenoxy) is 1. The van der Waals surface area contributed by atoms with Crippen LogP contribution in [-0.2, 0) is 6.42 Å². The average Bonchev–Trinajstić information content (AvgIpc) is 2.32. The summed E-state index contributed by atoms with van der Waals surface area (Å²) in [6.07, 6.45) is 0.529. The van der Waals surface area contributed by atoms with Crippen molar-refractivity contribution in [3.8, 4) is 11.5 Å². The van der Waals surface area contributed by atoms with Crippen LogP contribution in [-0.4, -0.2) is 6.54 Å². The first-order chi connectivity index (χ1) is 9.10. The first kappa shape index (κ1) is 14.1. The van der Waals surface area contributed by atoms with Gasteiger partial charge in [0.15, 0.2) is 11.6 Å². The molecule has 0 atom stereocenters. The van der Waals surface area contributed by atoms with Crippen molar-refractivity contribution in [1.29, 1.82) is 0 Å². The van der Waals surface area contributed by atoms with Crippen LogP contribution in [0.15, 0.2) is 36.4 Å². The Bertz CT molecular complexity index is 569. The lowest BCUT2D eigenvalue weighted by atomic mass is 10.1. The normalized spacial score (nSPS) is 10.5. The molecule has 0 aliphatic rings. The SMILES string of the molecule is NCCc1cccc(F)c1Oc1cc(Cl)cc(Cl)c1. The van der Waals surface area contributed by atoms with Crippen LogP contribution in [0, 0.1) is 5.82 Å². The fourth-order valence-electron chi connectivity index (χ4n) is 1.73. The van der Waals surface area contributed by atoms with Crippen LogP contribution in [0.2, 0.25) is 10.0 Å². The van der Waals surface area contributed by atoms with Gasteiger partial charge in [-0.25, -0.2) is 4.39 Å². The summed E-state index contributed by atoms with van der Waals surface area (Å²) in [5, 5.41) is 0.860. The number of hydrogen-bond donors (Lipinski definition) is 1. The van der Waals surface area contributed by atoms with Crippen LogP contribution in [0.25, 0.3) is 0 Å². The van der Waals surface area contributed by atoms with Crippen molar-refractivity contribution in [3.63, 3.8) is 0 Å². The quantitative estimate of drug-likeness (QED) is 0.906. The third kappa shape index (κ3) is 3.60. The van der Waals surface area contributed by atoms with Crippen molar-refractivity contribution >= 4 is 23.2 Å². The number of nitrogens with two attached hydrogens (primary N) is 1. The third-order valence-corrected chi connectivity index (χ3v) is 2.95. The van der Waals surface area contributed by atoms with E-state index >= 15 is 0 Å². The lowest BCUT2D eigenvalue weighted by Crippen LogP contribution is -2.05. The summed E-state index contributed by atoms with van der Waals surface area (Å²) in [5.41, 5.74) is 6.21. The molecule has 2 aromatic rings. The molecule has 0 saturated carbocycles. The molecule has 0 heterocycles. The number of rotatable bonds is 4. The van der Waals surface area contributed by atoms with Crippen LogP contribution < -0.4 is 10.5 Å². The summed E-state index contributed by atoms with van der Waals surface area (Å²) in [5.74, 6) is 0.106. The molecule has 0 radical (unpaired) electrons. The Balaban J connectivity index is 2.36. The molecular formula is C14H12Cl2FNO. The monoisotopic (exact) mass is 299 g/mol. The molecule has 0 spiro atoms. The first-order valence-corrected chi connectivity index (χ1v) is 6.47. The van der Waals surface area contributed by atoms with Crippen molar-refractivity contribution in [2.24, 2.45) is 5.73 Å². The highest BCUT2D eigenvalue weighted by molar-refractivity contribution is 6.34. The van der Waals surface area contributed by atoms with E-state index in [9.17, 15) is 4.39 Å². The fraction of sp³-hybridized carbons (Fsp3) is 0.143. The van der Waals surface area contributed by atoms with Crippen LogP contribution >= 0.6 is 23.2 Å². The molecule has 0 aromatic heterocycles. The van der Waals surface area contributed by atoms with Gasteiger partial charge in [-0.15, -0.1) is 0 Å². The van der Waals surface area contributed by atoms with Gasteiger partial charge in [0.25, 0.3) is 0 Å². The maximum Gasteiger partial charge on any atom is 0.166 e. The van der Waals surface area contributed by atoms with E-state index in [2.05, 4.69) is 0 Å². The van der Waals surface area contributed by atoms with Gasteiger partial charge in [-0.2, -0.15) is 0 Å². The standard InChI is InChI=1S/C14H12Cl2FNO/c15-10-6-11(16)8-12(7-10)19-14-9(4-5-18)2-1-3-13(14)17/h1-3,6-8H,4-5,18H2. The van der Waals surface area contributed by atoms with Crippen molar-refractivity contribution in [1.82, 2.24) is 0 Å². The zero-order valence-corrected chi connectivity index (χ0v) is 11.5. The van der Waals surface area contributed by atoms with E-state index in [4.69, 9.17) is 33.7 Å². The maximum atomic E-state index is 13.8. The molecule has 0 aliphatic heterocycles. The van der Waals surface area contributed by atoms with Gasteiger partial charge >= 0.3 is 0 Å². The maximum absolute atomic E-state index is 13.8. The van der Waals surface area contributed by atoms with Gasteiger partial charge in [0.2, 0.25) is 0 Å². The summed E-state index contributed by atoms with van der Waals surface area (Å²) >= 11 is 11.8. The van der Waals surface area contributed by atoms with Gasteiger partial charge in [-0.05, 0) is 42.8 Å². The highest BCUT2D eigenvalue weighted by Gasteiger charge is 2.11. The molecule has 2 nitrogen and oxygen atoms in total. The summed E-state index contributed by atoms with van der Waals surface area (Å²) in [6, 6.07) is 9.47. The molecule has 19 heavy (non-hydrogen) atoms. The minimum atomic E-state index is -0.443. The Hall–Kier alpha value is -1.29. The van der Waals surface area contributed by atoms with E-state index in [0.717, 1.165) is 0 Å². The highest BCUT2D eigenvalue weighted by Crippen LogP contribution is 2.32. The summed E-state index contributed by atoms with van der Waals surface area (Å²) in [4.78, 5) is 0. The van der Waals surface area contributed by atoms with E-state index in [1.165, 1.54) is 6.07 Å². The number of halogens is 3. The predicted molar refractivity (Wildman–Crippen MR) is 75.7 cm³/mol. The molecule has 0 bridgehead atoms. The third-order valence-electron chi connectivity index (χ3n) is 2.52. The molecule has 0 saturated heterocycles. The Morgan fingerprint density at radius 2 is 1.79 bits per heavy atom. The van der Waals surface area contributed by atoms with Crippen molar-refractivity contribution < 1.29 is 9.13 Å². The first-order valence-electron chi connectivity index (χ1n) is 5.71. The fourth-order valence-corrected chi connectivity index (χ4v) is 2.23. The van der Waals surface area contributed by atoms with E-state index in [-0.39, 0.29) is 5.75 Å². The number of para-hydroxylation sites is 1. The smallest absolute Gasteiger partial charge is 0.166 e. The topological polar surface area (TPSA) is 35.2 Å². The average molecular weight is 300 g/mol. The predicted octanol–water partition coefficient (Wildman–Crippen LogP) is 4.43. The molecule has 0 aliphatic carbocycles. The van der Waals surface area contributed by atoms with E-state index in [0.29, 0.717) is 34.3 Å². The molecule has 5 heteroatoms. The van der Waals surface area contributed by atoms with Crippen LogP contribution in [0.1, 0.15) is 5.56 Å². The highest BCUT2D eigenvalue weighted by atomic mass is 35.5. The zero-order chi connectivity index (χ0) is 13.8. The van der Waals surface area contributed by atoms with Gasteiger partial charge in [0.1, 0.15) is 5.75 Å². The van der Waals surface area contributed by atoms with Crippen LogP contribution in [0.4, 0.5) is 4.39 Å². The summed E-state index contributed by atoms with van der Waals surface area (Å²) in [6.45, 7) is 0.413. The van der Waals surface area contributed by atoms with Crippen LogP contribution in [0.5, 0.6) is 11.5 Å². The molecule has 0 unspecified atom stereocenters. The number of hydrogen-bond acceptors (Lipinski definition) is 2. The second kappa shape index (κ2) is 6.24. The Kier molecular flexibility index (Phi) is 4.64. The molecule has 2 N–H and O–H groups in total. The Morgan fingerprint density at radius 3 is 2.42 bits per heavy atom. The zero-order valence-electron chi connectivity index (χ0n) is 10.00. The van der Waals surface area contributed by atoms with Crippen molar-refractivity contribution in [2.75, 3.05) is 6.54 Å². The van der Waals surface area contributed by atoms with Gasteiger partial charge in [0.05, 0.1) is 0 Å². The Morgan fingerprint density at radius 1 is 1.11 bits per heavy atom. The molecule has 0 fully saturated rings. The largest absolute Gasteiger partial charge is 0.454 e. The molecule has 2 rings (SSSR count). The van der Waals surface area contributed by atoms with E-state index in [1.54, 1.807) is 30.3 Å². The molecule has 2 aromatic carbocycles. The minimum absolute atomic E-state index is 0.159. The number of benzene rings is 2. The van der Waals surface area contributed by atoms with Gasteiger partial charge in [-0.3, -0.25) is 0 Å². The molecule has 0 amide bonds. The lowest BCUT2D eigenvalue weighted by Gasteiger charge is -2.12. The van der Waals surface area contributed by atoms with Gasteiger partial charge < -0.3 is 10.5 Å². The van der Waals surface area contributed by atoms with Gasteiger partial charge in [0, 0.05) is 10.0 Å². The Labute approximate surface area is 120 Å². The van der Waals surface area contributed by atoms with E-state index in [1.807, 2.05) is 0 Å². The van der Waals surface area contributed by atoms with E-state index < -0.39 is 5.82 Å². The second-order valence-electron chi connectivity index (χ2n) is 3.97. The summed E-state index contributed by atoms with van der Waals surface area (Å²) < 4.78 is 19.4. The lowest BCUT2D eigenvalue weighted by molar-refractivity contribution is 0.436. The molecular weight excluding hydrogens is 288 g/mol. The second-order valence-corrected chi connectivity index (χ2v) is 4.85. The van der Waals surface area contributed by atoms with Crippen molar-refractivity contribution in [3.05, 3.63) is 57.8 Å². The van der Waals surface area contributed by atoms with Crippen LogP contribution in [0.3, 0.4) is 0 Å². The van der Waals surface area contributed by atoms with Crippen molar-refractivity contribution in [2.45, 2.75) is 6.42 Å².